The lowest BCUT2D eigenvalue weighted by Crippen LogP contribution is -2.38. The fraction of sp³-hybridized carbons (Fsp3) is 0.636. The van der Waals surface area contributed by atoms with Crippen LogP contribution in [0.4, 0.5) is 0 Å². The molecular weight excluding hydrogens is 350 g/mol. The normalized spacial score (nSPS) is 15.3. The summed E-state index contributed by atoms with van der Waals surface area (Å²) in [6.07, 6.45) is 8.72. The smallest absolute Gasteiger partial charge is 0.251 e. The van der Waals surface area contributed by atoms with Crippen LogP contribution in [0.15, 0.2) is 29.3 Å². The van der Waals surface area contributed by atoms with Crippen molar-refractivity contribution in [3.05, 3.63) is 35.4 Å². The van der Waals surface area contributed by atoms with Crippen LogP contribution < -0.4 is 16.0 Å². The molecule has 3 N–H and O–H groups in total. The lowest BCUT2D eigenvalue weighted by atomic mass is 10.1. The van der Waals surface area contributed by atoms with Gasteiger partial charge < -0.3 is 20.9 Å². The Morgan fingerprint density at radius 3 is 2.61 bits per heavy atom. The Balaban J connectivity index is 1.56. The maximum Gasteiger partial charge on any atom is 0.251 e. The summed E-state index contributed by atoms with van der Waals surface area (Å²) in [7, 11) is 3.46. The van der Waals surface area contributed by atoms with Gasteiger partial charge in [0, 0.05) is 32.7 Å². The van der Waals surface area contributed by atoms with E-state index < -0.39 is 0 Å². The molecular formula is C22H37N5O. The number of nitrogens with zero attached hydrogens (tertiary/aromatic N) is 2. The predicted molar refractivity (Wildman–Crippen MR) is 117 cm³/mol. The van der Waals surface area contributed by atoms with Crippen molar-refractivity contribution in [2.24, 2.45) is 4.99 Å². The zero-order valence-electron chi connectivity index (χ0n) is 17.6. The van der Waals surface area contributed by atoms with Crippen molar-refractivity contribution in [1.82, 2.24) is 20.9 Å². The first-order valence-electron chi connectivity index (χ1n) is 10.7. The second kappa shape index (κ2) is 13.2. The Bertz CT molecular complexity index is 611. The van der Waals surface area contributed by atoms with Gasteiger partial charge in [0.1, 0.15) is 0 Å². The van der Waals surface area contributed by atoms with E-state index in [0.717, 1.165) is 31.0 Å². The van der Waals surface area contributed by atoms with Gasteiger partial charge in [0.15, 0.2) is 5.96 Å². The summed E-state index contributed by atoms with van der Waals surface area (Å²) in [5.74, 6) is 0.797. The molecule has 0 aliphatic carbocycles. The Kier molecular flexibility index (Phi) is 10.4. The third-order valence-corrected chi connectivity index (χ3v) is 5.24. The molecule has 0 unspecified atom stereocenters. The lowest BCUT2D eigenvalue weighted by Gasteiger charge is -2.26. The average molecular weight is 388 g/mol. The number of hydrogen-bond donors (Lipinski definition) is 3. The molecule has 1 aromatic carbocycles. The highest BCUT2D eigenvalue weighted by Crippen LogP contribution is 2.09. The first kappa shape index (κ1) is 22.2. The standard InChI is InChI=1S/C22H37N5O/c1-23-21(28)20-11-9-10-19(18-20)12-14-26-22(24-2)25-13-5-3-6-15-27-16-7-4-8-17-27/h9-11,18H,3-8,12-17H2,1-2H3,(H,23,28)(H2,24,25,26). The maximum atomic E-state index is 11.7. The van der Waals surface area contributed by atoms with Crippen LogP contribution in [0.5, 0.6) is 0 Å². The van der Waals surface area contributed by atoms with Gasteiger partial charge in [-0.1, -0.05) is 25.0 Å². The molecule has 0 aromatic heterocycles. The fourth-order valence-electron chi connectivity index (χ4n) is 3.59. The van der Waals surface area contributed by atoms with E-state index in [2.05, 4.69) is 25.8 Å². The number of amides is 1. The van der Waals surface area contributed by atoms with Gasteiger partial charge in [-0.25, -0.2) is 0 Å². The van der Waals surface area contributed by atoms with Gasteiger partial charge in [-0.15, -0.1) is 0 Å². The second-order valence-electron chi connectivity index (χ2n) is 7.42. The number of aliphatic imine (C=N–C) groups is 1. The van der Waals surface area contributed by atoms with E-state index in [4.69, 9.17) is 0 Å². The summed E-state index contributed by atoms with van der Waals surface area (Å²) < 4.78 is 0. The predicted octanol–water partition coefficient (Wildman–Crippen LogP) is 2.41. The van der Waals surface area contributed by atoms with E-state index in [1.54, 1.807) is 14.1 Å². The number of benzene rings is 1. The number of likely N-dealkylation sites (tertiary alicyclic amines) is 1. The highest BCUT2D eigenvalue weighted by Gasteiger charge is 2.08. The first-order valence-corrected chi connectivity index (χ1v) is 10.7. The summed E-state index contributed by atoms with van der Waals surface area (Å²) in [5.41, 5.74) is 1.84. The summed E-state index contributed by atoms with van der Waals surface area (Å²) in [5, 5.41) is 9.41. The minimum Gasteiger partial charge on any atom is -0.356 e. The molecule has 28 heavy (non-hydrogen) atoms. The van der Waals surface area contributed by atoms with Crippen molar-refractivity contribution >= 4 is 11.9 Å². The number of guanidine groups is 1. The Morgan fingerprint density at radius 2 is 1.86 bits per heavy atom. The quantitative estimate of drug-likeness (QED) is 0.328. The molecule has 6 nitrogen and oxygen atoms in total. The van der Waals surface area contributed by atoms with Crippen LogP contribution in [-0.4, -0.2) is 63.6 Å². The summed E-state index contributed by atoms with van der Waals surface area (Å²) in [6.45, 7) is 5.57. The van der Waals surface area contributed by atoms with Gasteiger partial charge in [0.25, 0.3) is 5.91 Å². The molecule has 156 valence electrons. The molecule has 0 radical (unpaired) electrons. The Morgan fingerprint density at radius 1 is 1.07 bits per heavy atom. The Labute approximate surface area is 170 Å². The third kappa shape index (κ3) is 8.30. The van der Waals surface area contributed by atoms with Crippen LogP contribution in [0.1, 0.15) is 54.4 Å². The molecule has 1 aromatic rings. The van der Waals surface area contributed by atoms with Crippen molar-refractivity contribution in [2.75, 3.05) is 46.8 Å². The Hall–Kier alpha value is -2.08. The number of piperidine rings is 1. The number of rotatable bonds is 10. The average Bonchev–Trinajstić information content (AvgIpc) is 2.75. The van der Waals surface area contributed by atoms with Gasteiger partial charge in [-0.3, -0.25) is 9.79 Å². The van der Waals surface area contributed by atoms with Gasteiger partial charge >= 0.3 is 0 Å². The summed E-state index contributed by atoms with van der Waals surface area (Å²) >= 11 is 0. The highest BCUT2D eigenvalue weighted by molar-refractivity contribution is 5.94. The fourth-order valence-corrected chi connectivity index (χ4v) is 3.59. The minimum absolute atomic E-state index is 0.0485. The molecule has 1 saturated heterocycles. The van der Waals surface area contributed by atoms with Crippen molar-refractivity contribution in [2.45, 2.75) is 44.9 Å². The number of nitrogens with one attached hydrogen (secondary N) is 3. The molecule has 2 rings (SSSR count). The van der Waals surface area contributed by atoms with Gasteiger partial charge in [-0.2, -0.15) is 0 Å². The van der Waals surface area contributed by atoms with Crippen molar-refractivity contribution in [3.63, 3.8) is 0 Å². The molecule has 1 fully saturated rings. The van der Waals surface area contributed by atoms with E-state index in [9.17, 15) is 4.79 Å². The van der Waals surface area contributed by atoms with Crippen LogP contribution >= 0.6 is 0 Å². The van der Waals surface area contributed by atoms with Crippen LogP contribution in [0, 0.1) is 0 Å². The second-order valence-corrected chi connectivity index (χ2v) is 7.42. The van der Waals surface area contributed by atoms with Gasteiger partial charge in [-0.05, 0) is 69.4 Å². The summed E-state index contributed by atoms with van der Waals surface area (Å²) in [6, 6.07) is 7.75. The van der Waals surface area contributed by atoms with E-state index in [1.807, 2.05) is 24.3 Å². The number of carbonyl (C=O) groups is 1. The third-order valence-electron chi connectivity index (χ3n) is 5.24. The zero-order chi connectivity index (χ0) is 20.0. The van der Waals surface area contributed by atoms with Crippen LogP contribution in [-0.2, 0) is 6.42 Å². The summed E-state index contributed by atoms with van der Waals surface area (Å²) in [4.78, 5) is 18.6. The highest BCUT2D eigenvalue weighted by atomic mass is 16.1. The zero-order valence-corrected chi connectivity index (χ0v) is 17.6. The van der Waals surface area contributed by atoms with Crippen molar-refractivity contribution < 1.29 is 4.79 Å². The van der Waals surface area contributed by atoms with E-state index in [0.29, 0.717) is 5.56 Å². The van der Waals surface area contributed by atoms with Crippen LogP contribution in [0.3, 0.4) is 0 Å². The number of unbranched alkanes of at least 4 members (excludes halogenated alkanes) is 2. The molecule has 1 heterocycles. The van der Waals surface area contributed by atoms with E-state index in [-0.39, 0.29) is 5.91 Å². The molecule has 0 spiro atoms. The number of carbonyl (C=O) groups excluding carboxylic acids is 1. The molecule has 1 aliphatic rings. The monoisotopic (exact) mass is 387 g/mol. The largest absolute Gasteiger partial charge is 0.356 e. The van der Waals surface area contributed by atoms with Crippen LogP contribution in [0.25, 0.3) is 0 Å². The molecule has 0 saturated carbocycles. The van der Waals surface area contributed by atoms with Crippen LogP contribution in [0.2, 0.25) is 0 Å². The molecule has 0 bridgehead atoms. The van der Waals surface area contributed by atoms with Gasteiger partial charge in [0.05, 0.1) is 0 Å². The topological polar surface area (TPSA) is 68.8 Å². The maximum absolute atomic E-state index is 11.7. The minimum atomic E-state index is -0.0485. The van der Waals surface area contributed by atoms with Gasteiger partial charge in [0.2, 0.25) is 0 Å². The molecule has 0 atom stereocenters. The number of hydrogen-bond acceptors (Lipinski definition) is 3. The molecule has 6 heteroatoms. The lowest BCUT2D eigenvalue weighted by molar-refractivity contribution is 0.0963. The molecule has 1 amide bonds. The van der Waals surface area contributed by atoms with E-state index >= 15 is 0 Å². The van der Waals surface area contributed by atoms with Crippen molar-refractivity contribution in [1.29, 1.82) is 0 Å². The molecule has 1 aliphatic heterocycles. The van der Waals surface area contributed by atoms with Crippen molar-refractivity contribution in [3.8, 4) is 0 Å². The van der Waals surface area contributed by atoms with E-state index in [1.165, 1.54) is 58.2 Å². The SMILES string of the molecule is CN=C(NCCCCCN1CCCCC1)NCCc1cccc(C(=O)NC)c1. The first-order chi connectivity index (χ1) is 13.7.